The minimum absolute atomic E-state index is 0.0221. The van der Waals surface area contributed by atoms with Crippen LogP contribution in [0.4, 0.5) is 5.69 Å². The van der Waals surface area contributed by atoms with Crippen LogP contribution in [-0.4, -0.2) is 20.7 Å². The molecule has 0 aromatic heterocycles. The highest BCUT2D eigenvalue weighted by molar-refractivity contribution is 5.58. The second kappa shape index (κ2) is 6.44. The lowest BCUT2D eigenvalue weighted by atomic mass is 10.0. The van der Waals surface area contributed by atoms with Crippen LogP contribution < -0.4 is 15.4 Å². The molecule has 2 rings (SSSR count). The third-order valence-corrected chi connectivity index (χ3v) is 3.55. The van der Waals surface area contributed by atoms with Gasteiger partial charge in [0.15, 0.2) is 0 Å². The Hall–Kier alpha value is -2.00. The zero-order chi connectivity index (χ0) is 14.5. The van der Waals surface area contributed by atoms with E-state index in [-0.39, 0.29) is 6.04 Å². The molecule has 0 aliphatic rings. The van der Waals surface area contributed by atoms with Crippen LogP contribution in [0.15, 0.2) is 48.5 Å². The molecular formula is C17H22N2O. The second-order valence-corrected chi connectivity index (χ2v) is 5.02. The Balaban J connectivity index is 2.15. The van der Waals surface area contributed by atoms with Gasteiger partial charge in [0.25, 0.3) is 0 Å². The number of rotatable bonds is 5. The summed E-state index contributed by atoms with van der Waals surface area (Å²) in [4.78, 5) is 2.13. The molecule has 3 heteroatoms. The van der Waals surface area contributed by atoms with Gasteiger partial charge in [0, 0.05) is 19.6 Å². The normalized spacial score (nSPS) is 12.0. The van der Waals surface area contributed by atoms with E-state index in [0.717, 1.165) is 18.0 Å². The number of aryl methyl sites for hydroxylation is 1. The quantitative estimate of drug-likeness (QED) is 0.907. The number of likely N-dealkylation sites (N-methyl/N-ethyl adjacent to an activating group) is 1. The first-order chi connectivity index (χ1) is 9.63. The largest absolute Gasteiger partial charge is 0.495 e. The van der Waals surface area contributed by atoms with Gasteiger partial charge in [-0.15, -0.1) is 0 Å². The lowest BCUT2D eigenvalue weighted by molar-refractivity contribution is 0.414. The van der Waals surface area contributed by atoms with Gasteiger partial charge in [-0.2, -0.15) is 0 Å². The predicted molar refractivity (Wildman–Crippen MR) is 84.4 cm³/mol. The molecule has 0 bridgehead atoms. The number of nitrogens with zero attached hydrogens (tertiary/aromatic N) is 1. The summed E-state index contributed by atoms with van der Waals surface area (Å²) in [5, 5.41) is 0. The standard InChI is InChI=1S/C17H22N2O/c1-13-8-4-5-9-14(13)15(18)12-19(2)16-10-6-7-11-17(16)20-3/h4-11,15H,12,18H2,1-3H3. The number of para-hydroxylation sites is 2. The van der Waals surface area contributed by atoms with Crippen molar-refractivity contribution < 1.29 is 4.74 Å². The van der Waals surface area contributed by atoms with Crippen LogP contribution in [0.3, 0.4) is 0 Å². The van der Waals surface area contributed by atoms with Gasteiger partial charge in [-0.25, -0.2) is 0 Å². The van der Waals surface area contributed by atoms with Crippen LogP contribution >= 0.6 is 0 Å². The summed E-state index contributed by atoms with van der Waals surface area (Å²) < 4.78 is 5.39. The fraction of sp³-hybridized carbons (Fsp3) is 0.294. The Morgan fingerprint density at radius 1 is 1.10 bits per heavy atom. The van der Waals surface area contributed by atoms with Crippen molar-refractivity contribution >= 4 is 5.69 Å². The molecule has 0 aliphatic heterocycles. The Labute approximate surface area is 121 Å². The first kappa shape index (κ1) is 14.4. The summed E-state index contributed by atoms with van der Waals surface area (Å²) in [6, 6.07) is 16.2. The predicted octanol–water partition coefficient (Wildman–Crippen LogP) is 3.14. The van der Waals surface area contributed by atoms with Crippen LogP contribution in [0.2, 0.25) is 0 Å². The van der Waals surface area contributed by atoms with E-state index < -0.39 is 0 Å². The summed E-state index contributed by atoms with van der Waals surface area (Å²) in [5.41, 5.74) is 9.82. The van der Waals surface area contributed by atoms with Crippen molar-refractivity contribution in [1.82, 2.24) is 0 Å². The van der Waals surface area contributed by atoms with Crippen LogP contribution in [0.5, 0.6) is 5.75 Å². The summed E-state index contributed by atoms with van der Waals surface area (Å²) >= 11 is 0. The van der Waals surface area contributed by atoms with E-state index in [1.54, 1.807) is 7.11 Å². The van der Waals surface area contributed by atoms with Crippen molar-refractivity contribution in [3.05, 3.63) is 59.7 Å². The minimum Gasteiger partial charge on any atom is -0.495 e. The molecule has 0 saturated heterocycles. The lowest BCUT2D eigenvalue weighted by Crippen LogP contribution is -2.29. The van der Waals surface area contributed by atoms with Crippen molar-refractivity contribution in [1.29, 1.82) is 0 Å². The van der Waals surface area contributed by atoms with Crippen molar-refractivity contribution in [3.63, 3.8) is 0 Å². The second-order valence-electron chi connectivity index (χ2n) is 5.02. The third-order valence-electron chi connectivity index (χ3n) is 3.55. The molecule has 0 spiro atoms. The first-order valence-corrected chi connectivity index (χ1v) is 6.78. The van der Waals surface area contributed by atoms with Crippen molar-refractivity contribution in [2.75, 3.05) is 25.6 Å². The number of methoxy groups -OCH3 is 1. The molecule has 3 nitrogen and oxygen atoms in total. The number of hydrogen-bond acceptors (Lipinski definition) is 3. The Morgan fingerprint density at radius 3 is 2.45 bits per heavy atom. The van der Waals surface area contributed by atoms with Gasteiger partial charge in [-0.05, 0) is 30.2 Å². The molecule has 20 heavy (non-hydrogen) atoms. The molecule has 1 atom stereocenters. The summed E-state index contributed by atoms with van der Waals surface area (Å²) in [6.07, 6.45) is 0. The third kappa shape index (κ3) is 3.11. The monoisotopic (exact) mass is 270 g/mol. The lowest BCUT2D eigenvalue weighted by Gasteiger charge is -2.26. The van der Waals surface area contributed by atoms with E-state index in [4.69, 9.17) is 10.5 Å². The zero-order valence-corrected chi connectivity index (χ0v) is 12.3. The van der Waals surface area contributed by atoms with Gasteiger partial charge in [-0.3, -0.25) is 0 Å². The Kier molecular flexibility index (Phi) is 4.64. The maximum Gasteiger partial charge on any atom is 0.142 e. The maximum absolute atomic E-state index is 6.34. The highest BCUT2D eigenvalue weighted by Crippen LogP contribution is 2.28. The van der Waals surface area contributed by atoms with Crippen LogP contribution in [0.1, 0.15) is 17.2 Å². The molecule has 0 saturated carbocycles. The van der Waals surface area contributed by atoms with E-state index >= 15 is 0 Å². The van der Waals surface area contributed by atoms with Crippen LogP contribution in [0.25, 0.3) is 0 Å². The zero-order valence-electron chi connectivity index (χ0n) is 12.3. The molecular weight excluding hydrogens is 248 g/mol. The number of nitrogens with two attached hydrogens (primary N) is 1. The van der Waals surface area contributed by atoms with Crippen molar-refractivity contribution in [2.45, 2.75) is 13.0 Å². The summed E-state index contributed by atoms with van der Waals surface area (Å²) in [7, 11) is 3.73. The average Bonchev–Trinajstić information content (AvgIpc) is 2.47. The van der Waals surface area contributed by atoms with E-state index in [0.29, 0.717) is 0 Å². The number of anilines is 1. The fourth-order valence-corrected chi connectivity index (χ4v) is 2.44. The van der Waals surface area contributed by atoms with Crippen LogP contribution in [0, 0.1) is 6.92 Å². The molecule has 2 aromatic carbocycles. The number of benzene rings is 2. The van der Waals surface area contributed by atoms with Crippen molar-refractivity contribution in [2.24, 2.45) is 5.73 Å². The molecule has 2 N–H and O–H groups in total. The molecule has 2 aromatic rings. The van der Waals surface area contributed by atoms with E-state index in [9.17, 15) is 0 Å². The minimum atomic E-state index is -0.0221. The molecule has 1 unspecified atom stereocenters. The molecule has 0 aliphatic carbocycles. The van der Waals surface area contributed by atoms with Crippen molar-refractivity contribution in [3.8, 4) is 5.75 Å². The van der Waals surface area contributed by atoms with Gasteiger partial charge < -0.3 is 15.4 Å². The summed E-state index contributed by atoms with van der Waals surface area (Å²) in [6.45, 7) is 2.84. The summed E-state index contributed by atoms with van der Waals surface area (Å²) in [5.74, 6) is 0.868. The maximum atomic E-state index is 6.34. The first-order valence-electron chi connectivity index (χ1n) is 6.78. The van der Waals surface area contributed by atoms with Crippen LogP contribution in [-0.2, 0) is 0 Å². The van der Waals surface area contributed by atoms with Gasteiger partial charge in [0.2, 0.25) is 0 Å². The van der Waals surface area contributed by atoms with Gasteiger partial charge in [-0.1, -0.05) is 36.4 Å². The van der Waals surface area contributed by atoms with E-state index in [2.05, 4.69) is 24.0 Å². The highest BCUT2D eigenvalue weighted by atomic mass is 16.5. The van der Waals surface area contributed by atoms with E-state index in [1.807, 2.05) is 43.4 Å². The van der Waals surface area contributed by atoms with Gasteiger partial charge in [0.1, 0.15) is 5.75 Å². The van der Waals surface area contributed by atoms with Gasteiger partial charge in [0.05, 0.1) is 12.8 Å². The molecule has 106 valence electrons. The Morgan fingerprint density at radius 2 is 1.75 bits per heavy atom. The molecule has 0 radical (unpaired) electrons. The topological polar surface area (TPSA) is 38.5 Å². The molecule has 0 fully saturated rings. The van der Waals surface area contributed by atoms with Gasteiger partial charge >= 0.3 is 0 Å². The fourth-order valence-electron chi connectivity index (χ4n) is 2.44. The highest BCUT2D eigenvalue weighted by Gasteiger charge is 2.14. The average molecular weight is 270 g/mol. The van der Waals surface area contributed by atoms with E-state index in [1.165, 1.54) is 11.1 Å². The molecule has 0 heterocycles. The smallest absolute Gasteiger partial charge is 0.142 e. The number of ether oxygens (including phenoxy) is 1. The Bertz CT molecular complexity index is 568. The number of hydrogen-bond donors (Lipinski definition) is 1. The SMILES string of the molecule is COc1ccccc1N(C)CC(N)c1ccccc1C. The molecule has 0 amide bonds.